The molecule has 2 aliphatic rings. The summed E-state index contributed by atoms with van der Waals surface area (Å²) in [6.07, 6.45) is 6.51. The molecule has 9 heteroatoms. The van der Waals surface area contributed by atoms with Gasteiger partial charge in [-0.2, -0.15) is 4.52 Å². The van der Waals surface area contributed by atoms with E-state index in [1.807, 2.05) is 18.2 Å². The van der Waals surface area contributed by atoms with E-state index in [0.717, 1.165) is 74.4 Å². The molecule has 34 heavy (non-hydrogen) atoms. The molecule has 0 unspecified atom stereocenters. The number of amides is 1. The number of aryl methyl sites for hydroxylation is 1. The van der Waals surface area contributed by atoms with Crippen LogP contribution in [0, 0.1) is 5.92 Å². The van der Waals surface area contributed by atoms with Crippen LogP contribution >= 0.6 is 11.3 Å². The number of hydrogen-bond donors (Lipinski definition) is 1. The van der Waals surface area contributed by atoms with Gasteiger partial charge in [-0.25, -0.2) is 4.98 Å². The third-order valence-electron chi connectivity index (χ3n) is 6.90. The topological polar surface area (TPSA) is 82.8 Å². The Morgan fingerprint density at radius 2 is 2.03 bits per heavy atom. The Morgan fingerprint density at radius 3 is 2.88 bits per heavy atom. The van der Waals surface area contributed by atoms with Crippen molar-refractivity contribution in [3.63, 3.8) is 0 Å². The quantitative estimate of drug-likeness (QED) is 0.524. The minimum atomic E-state index is -0.0644. The summed E-state index contributed by atoms with van der Waals surface area (Å²) in [7, 11) is 2.07. The second-order valence-electron chi connectivity index (χ2n) is 9.32. The molecule has 1 amide bonds. The van der Waals surface area contributed by atoms with Crippen LogP contribution in [0.15, 0.2) is 35.1 Å². The fourth-order valence-electron chi connectivity index (χ4n) is 4.94. The first-order chi connectivity index (χ1) is 16.6. The van der Waals surface area contributed by atoms with Crippen LogP contribution in [0.2, 0.25) is 0 Å². The molecule has 1 aliphatic heterocycles. The standard InChI is InChI=1S/C25H32N6O2S/c1-29(19-10-3-2-4-11-19)15-8-14-26-22(32)18-9-7-16-30(17-18)25-28-31-23(33)20-12-5-6-13-21(20)27-24(31)34-25/h2-4,10-11,18H,5-9,12-17H2,1H3,(H,26,32)/t18-/m0/s1. The maximum atomic E-state index is 12.9. The number of aromatic nitrogens is 3. The third-order valence-corrected chi connectivity index (χ3v) is 7.87. The van der Waals surface area contributed by atoms with Gasteiger partial charge in [0.05, 0.1) is 11.6 Å². The van der Waals surface area contributed by atoms with Crippen LogP contribution in [0.25, 0.3) is 4.96 Å². The lowest BCUT2D eigenvalue weighted by molar-refractivity contribution is -0.125. The van der Waals surface area contributed by atoms with E-state index in [1.54, 1.807) is 0 Å². The van der Waals surface area contributed by atoms with Crippen LogP contribution < -0.4 is 20.7 Å². The van der Waals surface area contributed by atoms with Gasteiger partial charge >= 0.3 is 0 Å². The van der Waals surface area contributed by atoms with Crippen LogP contribution in [-0.2, 0) is 17.6 Å². The van der Waals surface area contributed by atoms with E-state index in [-0.39, 0.29) is 17.4 Å². The summed E-state index contributed by atoms with van der Waals surface area (Å²) in [4.78, 5) is 35.5. The molecule has 1 aromatic carbocycles. The summed E-state index contributed by atoms with van der Waals surface area (Å²) >= 11 is 1.46. The second-order valence-corrected chi connectivity index (χ2v) is 10.2. The molecular weight excluding hydrogens is 448 g/mol. The number of nitrogens with one attached hydrogen (secondary N) is 1. The van der Waals surface area contributed by atoms with Crippen molar-refractivity contribution in [1.29, 1.82) is 0 Å². The number of rotatable bonds is 7. The summed E-state index contributed by atoms with van der Waals surface area (Å²) in [6, 6.07) is 10.3. The molecule has 1 saturated heterocycles. The lowest BCUT2D eigenvalue weighted by atomic mass is 9.97. The number of fused-ring (bicyclic) bond motifs is 2. The van der Waals surface area contributed by atoms with Crippen LogP contribution in [-0.4, -0.2) is 53.7 Å². The summed E-state index contributed by atoms with van der Waals surface area (Å²) in [5, 5.41) is 8.52. The first-order valence-corrected chi connectivity index (χ1v) is 13.1. The Kier molecular flexibility index (Phi) is 6.80. The van der Waals surface area contributed by atoms with Crippen molar-refractivity contribution >= 4 is 33.0 Å². The average molecular weight is 481 g/mol. The Hall–Kier alpha value is -2.94. The molecule has 180 valence electrons. The maximum absolute atomic E-state index is 12.9. The monoisotopic (exact) mass is 480 g/mol. The number of carbonyl (C=O) groups excluding carboxylic acids is 1. The number of anilines is 2. The number of carbonyl (C=O) groups is 1. The van der Waals surface area contributed by atoms with Crippen molar-refractivity contribution < 1.29 is 4.79 Å². The molecule has 1 N–H and O–H groups in total. The SMILES string of the molecule is CN(CCCNC(=O)[C@H]1CCCN(c2nn3c(=O)c4c(nc3s2)CCCC4)C1)c1ccccc1. The molecule has 0 spiro atoms. The van der Waals surface area contributed by atoms with Gasteiger partial charge in [0, 0.05) is 44.5 Å². The fraction of sp³-hybridized carbons (Fsp3) is 0.520. The van der Waals surface area contributed by atoms with Crippen LogP contribution in [0.1, 0.15) is 43.4 Å². The zero-order chi connectivity index (χ0) is 23.5. The molecule has 3 aromatic rings. The zero-order valence-electron chi connectivity index (χ0n) is 19.7. The Balaban J connectivity index is 1.18. The highest BCUT2D eigenvalue weighted by molar-refractivity contribution is 7.20. The van der Waals surface area contributed by atoms with Gasteiger partial charge in [-0.3, -0.25) is 9.59 Å². The van der Waals surface area contributed by atoms with Crippen molar-refractivity contribution in [3.8, 4) is 0 Å². The van der Waals surface area contributed by atoms with E-state index in [0.29, 0.717) is 18.1 Å². The minimum absolute atomic E-state index is 0.0195. The highest BCUT2D eigenvalue weighted by Gasteiger charge is 2.28. The van der Waals surface area contributed by atoms with Crippen molar-refractivity contribution in [2.45, 2.75) is 44.9 Å². The van der Waals surface area contributed by atoms with Crippen molar-refractivity contribution in [2.75, 3.05) is 43.0 Å². The van der Waals surface area contributed by atoms with Gasteiger partial charge in [-0.05, 0) is 57.1 Å². The predicted molar refractivity (Wildman–Crippen MR) is 136 cm³/mol. The van der Waals surface area contributed by atoms with E-state index in [4.69, 9.17) is 4.98 Å². The first-order valence-electron chi connectivity index (χ1n) is 12.3. The van der Waals surface area contributed by atoms with E-state index in [9.17, 15) is 9.59 Å². The van der Waals surface area contributed by atoms with E-state index >= 15 is 0 Å². The Morgan fingerprint density at radius 1 is 1.21 bits per heavy atom. The molecule has 1 atom stereocenters. The summed E-state index contributed by atoms with van der Waals surface area (Å²) in [6.45, 7) is 3.03. The molecule has 3 heterocycles. The number of para-hydroxylation sites is 1. The maximum Gasteiger partial charge on any atom is 0.278 e. The summed E-state index contributed by atoms with van der Waals surface area (Å²) in [5.41, 5.74) is 2.94. The highest BCUT2D eigenvalue weighted by Crippen LogP contribution is 2.28. The summed E-state index contributed by atoms with van der Waals surface area (Å²) < 4.78 is 1.47. The van der Waals surface area contributed by atoms with E-state index in [2.05, 4.69) is 39.4 Å². The first kappa shape index (κ1) is 22.8. The second kappa shape index (κ2) is 10.1. The van der Waals surface area contributed by atoms with Gasteiger partial charge < -0.3 is 15.1 Å². The Bertz CT molecular complexity index is 1210. The predicted octanol–water partition coefficient (Wildman–Crippen LogP) is 2.89. The average Bonchev–Trinajstić information content (AvgIpc) is 3.32. The molecular formula is C25H32N6O2S. The van der Waals surface area contributed by atoms with Gasteiger partial charge in [0.1, 0.15) is 0 Å². The van der Waals surface area contributed by atoms with Gasteiger partial charge in [0.2, 0.25) is 16.0 Å². The molecule has 0 bridgehead atoms. The molecule has 0 radical (unpaired) electrons. The third kappa shape index (κ3) is 4.80. The molecule has 2 aromatic heterocycles. The summed E-state index contributed by atoms with van der Waals surface area (Å²) in [5.74, 6) is 0.0458. The number of hydrogen-bond acceptors (Lipinski definition) is 7. The molecule has 1 aliphatic carbocycles. The van der Waals surface area contributed by atoms with Gasteiger partial charge in [0.15, 0.2) is 0 Å². The molecule has 5 rings (SSSR count). The van der Waals surface area contributed by atoms with Crippen LogP contribution in [0.4, 0.5) is 10.8 Å². The van der Waals surface area contributed by atoms with E-state index in [1.165, 1.54) is 21.5 Å². The molecule has 8 nitrogen and oxygen atoms in total. The van der Waals surface area contributed by atoms with Crippen molar-refractivity contribution in [1.82, 2.24) is 19.9 Å². The number of nitrogens with zero attached hydrogens (tertiary/aromatic N) is 5. The lowest BCUT2D eigenvalue weighted by Crippen LogP contribution is -2.43. The molecule has 1 fully saturated rings. The Labute approximate surface area is 203 Å². The number of benzene rings is 1. The normalized spacial score (nSPS) is 18.0. The minimum Gasteiger partial charge on any atom is -0.375 e. The van der Waals surface area contributed by atoms with Crippen LogP contribution in [0.5, 0.6) is 0 Å². The van der Waals surface area contributed by atoms with Crippen molar-refractivity contribution in [2.24, 2.45) is 5.92 Å². The number of piperidine rings is 1. The zero-order valence-corrected chi connectivity index (χ0v) is 20.5. The van der Waals surface area contributed by atoms with Crippen LogP contribution in [0.3, 0.4) is 0 Å². The van der Waals surface area contributed by atoms with E-state index < -0.39 is 0 Å². The van der Waals surface area contributed by atoms with Crippen molar-refractivity contribution in [3.05, 3.63) is 51.9 Å². The molecule has 0 saturated carbocycles. The highest BCUT2D eigenvalue weighted by atomic mass is 32.1. The van der Waals surface area contributed by atoms with Gasteiger partial charge in [-0.1, -0.05) is 29.5 Å². The van der Waals surface area contributed by atoms with Gasteiger partial charge in [-0.15, -0.1) is 5.10 Å². The largest absolute Gasteiger partial charge is 0.375 e. The lowest BCUT2D eigenvalue weighted by Gasteiger charge is -2.31. The van der Waals surface area contributed by atoms with Gasteiger partial charge in [0.25, 0.3) is 5.56 Å². The smallest absolute Gasteiger partial charge is 0.278 e. The fourth-order valence-corrected chi connectivity index (χ4v) is 5.89.